The average Bonchev–Trinajstić information content (AvgIpc) is 3.28. The highest BCUT2D eigenvalue weighted by molar-refractivity contribution is 7.17. The summed E-state index contributed by atoms with van der Waals surface area (Å²) in [6, 6.07) is 11.2. The van der Waals surface area contributed by atoms with Crippen LogP contribution in [0.15, 0.2) is 54.7 Å². The number of methoxy groups -OCH3 is 2. The largest absolute Gasteiger partial charge is 0.493 e. The minimum atomic E-state index is -0.309. The predicted octanol–water partition coefficient (Wildman–Crippen LogP) is 5.42. The molecule has 0 saturated heterocycles. The molecule has 4 rings (SSSR count). The van der Waals surface area contributed by atoms with Crippen molar-refractivity contribution in [2.75, 3.05) is 14.2 Å². The summed E-state index contributed by atoms with van der Waals surface area (Å²) in [6.07, 6.45) is 5.22. The zero-order chi connectivity index (χ0) is 21.3. The summed E-state index contributed by atoms with van der Waals surface area (Å²) in [6.45, 7) is 2.00. The highest BCUT2D eigenvalue weighted by atomic mass is 32.1. The van der Waals surface area contributed by atoms with E-state index in [1.807, 2.05) is 17.5 Å². The van der Waals surface area contributed by atoms with Crippen LogP contribution in [0.1, 0.15) is 20.9 Å². The van der Waals surface area contributed by atoms with Gasteiger partial charge in [-0.25, -0.2) is 9.37 Å². The van der Waals surface area contributed by atoms with E-state index in [2.05, 4.69) is 0 Å². The molecule has 7 heteroatoms. The van der Waals surface area contributed by atoms with Gasteiger partial charge < -0.3 is 9.47 Å². The van der Waals surface area contributed by atoms with Crippen molar-refractivity contribution in [1.82, 2.24) is 9.38 Å². The van der Waals surface area contributed by atoms with Crippen molar-refractivity contribution in [3.8, 4) is 22.8 Å². The zero-order valence-corrected chi connectivity index (χ0v) is 17.5. The maximum Gasteiger partial charge on any atom is 0.194 e. The van der Waals surface area contributed by atoms with E-state index >= 15 is 0 Å². The molecule has 0 unspecified atom stereocenters. The lowest BCUT2D eigenvalue weighted by Crippen LogP contribution is -1.98. The number of halogens is 1. The van der Waals surface area contributed by atoms with Gasteiger partial charge >= 0.3 is 0 Å². The van der Waals surface area contributed by atoms with Gasteiger partial charge in [0, 0.05) is 22.2 Å². The molecule has 0 aliphatic rings. The number of carbonyl (C=O) groups is 1. The van der Waals surface area contributed by atoms with Gasteiger partial charge in [-0.2, -0.15) is 0 Å². The van der Waals surface area contributed by atoms with E-state index in [-0.39, 0.29) is 11.6 Å². The van der Waals surface area contributed by atoms with Gasteiger partial charge in [0.25, 0.3) is 0 Å². The second-order valence-corrected chi connectivity index (χ2v) is 7.83. The SMILES string of the molecule is COc1ccc(C(=O)C=Cc2c(-c3ccc(F)cc3)nc3sc(C)cn23)cc1OC. The van der Waals surface area contributed by atoms with Crippen LogP contribution in [0.4, 0.5) is 4.39 Å². The lowest BCUT2D eigenvalue weighted by atomic mass is 10.1. The van der Waals surface area contributed by atoms with Crippen molar-refractivity contribution < 1.29 is 18.7 Å². The molecular weight excluding hydrogens is 403 g/mol. The molecule has 0 amide bonds. The number of hydrogen-bond acceptors (Lipinski definition) is 5. The van der Waals surface area contributed by atoms with Crippen LogP contribution in [0.2, 0.25) is 0 Å². The number of carbonyl (C=O) groups excluding carboxylic acids is 1. The van der Waals surface area contributed by atoms with Gasteiger partial charge in [0.2, 0.25) is 0 Å². The maximum atomic E-state index is 13.4. The van der Waals surface area contributed by atoms with Crippen LogP contribution in [-0.2, 0) is 0 Å². The van der Waals surface area contributed by atoms with Crippen LogP contribution in [0.5, 0.6) is 11.5 Å². The quantitative estimate of drug-likeness (QED) is 0.307. The Morgan fingerprint density at radius 2 is 1.83 bits per heavy atom. The number of benzene rings is 2. The molecule has 0 N–H and O–H groups in total. The highest BCUT2D eigenvalue weighted by Crippen LogP contribution is 2.30. The molecule has 5 nitrogen and oxygen atoms in total. The Labute approximate surface area is 177 Å². The van der Waals surface area contributed by atoms with Gasteiger partial charge in [-0.05, 0) is 61.5 Å². The van der Waals surface area contributed by atoms with Gasteiger partial charge in [0.15, 0.2) is 22.2 Å². The van der Waals surface area contributed by atoms with Crippen LogP contribution in [-0.4, -0.2) is 29.4 Å². The Morgan fingerprint density at radius 3 is 2.53 bits per heavy atom. The standard InChI is InChI=1S/C23H19FN2O3S/c1-14-13-26-18(22(25-23(26)30-14)15-4-7-17(24)8-5-15)9-10-19(27)16-6-11-20(28-2)21(12-16)29-3/h4-13H,1-3H3. The van der Waals surface area contributed by atoms with Gasteiger partial charge in [0.1, 0.15) is 5.82 Å². The van der Waals surface area contributed by atoms with E-state index < -0.39 is 0 Å². The topological polar surface area (TPSA) is 52.8 Å². The highest BCUT2D eigenvalue weighted by Gasteiger charge is 2.15. The molecule has 0 bridgehead atoms. The van der Waals surface area contributed by atoms with Crippen LogP contribution in [0, 0.1) is 12.7 Å². The first kappa shape index (κ1) is 19.8. The second-order valence-electron chi connectivity index (χ2n) is 6.61. The summed E-state index contributed by atoms with van der Waals surface area (Å²) >= 11 is 1.55. The number of aromatic nitrogens is 2. The van der Waals surface area contributed by atoms with Crippen molar-refractivity contribution in [1.29, 1.82) is 0 Å². The summed E-state index contributed by atoms with van der Waals surface area (Å²) in [4.78, 5) is 19.4. The predicted molar refractivity (Wildman–Crippen MR) is 116 cm³/mol. The summed E-state index contributed by atoms with van der Waals surface area (Å²) in [5.41, 5.74) is 2.71. The number of hydrogen-bond donors (Lipinski definition) is 0. The number of thiazole rings is 1. The number of nitrogens with zero attached hydrogens (tertiary/aromatic N) is 2. The minimum absolute atomic E-state index is 0.178. The first-order chi connectivity index (χ1) is 14.5. The van der Waals surface area contributed by atoms with Crippen molar-refractivity contribution in [3.05, 3.63) is 76.7 Å². The summed E-state index contributed by atoms with van der Waals surface area (Å²) in [7, 11) is 3.07. The molecule has 0 aliphatic carbocycles. The number of ketones is 1. The van der Waals surface area contributed by atoms with Crippen molar-refractivity contribution >= 4 is 28.2 Å². The van der Waals surface area contributed by atoms with Crippen LogP contribution in [0.25, 0.3) is 22.3 Å². The Balaban J connectivity index is 1.73. The molecular formula is C23H19FN2O3S. The Hall–Kier alpha value is -3.45. The lowest BCUT2D eigenvalue weighted by molar-refractivity contribution is 0.104. The molecule has 0 fully saturated rings. The fraction of sp³-hybridized carbons (Fsp3) is 0.130. The number of aryl methyl sites for hydroxylation is 1. The first-order valence-corrected chi connectivity index (χ1v) is 10.0. The van der Waals surface area contributed by atoms with Gasteiger partial charge in [-0.3, -0.25) is 9.20 Å². The molecule has 0 atom stereocenters. The Kier molecular flexibility index (Phi) is 5.37. The molecule has 2 aromatic carbocycles. The average molecular weight is 422 g/mol. The summed E-state index contributed by atoms with van der Waals surface area (Å²) in [5.74, 6) is 0.561. The molecule has 0 aliphatic heterocycles. The third-order valence-electron chi connectivity index (χ3n) is 4.66. The molecule has 0 spiro atoms. The van der Waals surface area contributed by atoms with E-state index in [0.29, 0.717) is 22.8 Å². The van der Waals surface area contributed by atoms with E-state index in [9.17, 15) is 9.18 Å². The number of imidazole rings is 1. The van der Waals surface area contributed by atoms with E-state index in [0.717, 1.165) is 21.1 Å². The van der Waals surface area contributed by atoms with Crippen molar-refractivity contribution in [3.63, 3.8) is 0 Å². The van der Waals surface area contributed by atoms with Gasteiger partial charge in [-0.1, -0.05) is 0 Å². The lowest BCUT2D eigenvalue weighted by Gasteiger charge is -2.08. The smallest absolute Gasteiger partial charge is 0.194 e. The Morgan fingerprint density at radius 1 is 1.10 bits per heavy atom. The Bertz CT molecular complexity index is 1260. The van der Waals surface area contributed by atoms with E-state index in [4.69, 9.17) is 14.5 Å². The molecule has 2 aromatic heterocycles. The maximum absolute atomic E-state index is 13.4. The van der Waals surface area contributed by atoms with E-state index in [1.54, 1.807) is 54.9 Å². The van der Waals surface area contributed by atoms with Gasteiger partial charge in [-0.15, -0.1) is 11.3 Å². The van der Waals surface area contributed by atoms with Crippen molar-refractivity contribution in [2.24, 2.45) is 0 Å². The third kappa shape index (κ3) is 3.71. The fourth-order valence-corrected chi connectivity index (χ4v) is 4.03. The number of fused-ring (bicyclic) bond motifs is 1. The molecule has 2 heterocycles. The summed E-state index contributed by atoms with van der Waals surface area (Å²) in [5, 5.41) is 0. The van der Waals surface area contributed by atoms with Crippen LogP contribution < -0.4 is 9.47 Å². The normalized spacial score (nSPS) is 11.3. The minimum Gasteiger partial charge on any atom is -0.493 e. The number of ether oxygens (including phenoxy) is 2. The van der Waals surface area contributed by atoms with Crippen LogP contribution >= 0.6 is 11.3 Å². The molecule has 30 heavy (non-hydrogen) atoms. The van der Waals surface area contributed by atoms with E-state index in [1.165, 1.54) is 25.3 Å². The zero-order valence-electron chi connectivity index (χ0n) is 16.7. The van der Waals surface area contributed by atoms with Crippen molar-refractivity contribution in [2.45, 2.75) is 6.92 Å². The monoisotopic (exact) mass is 422 g/mol. The fourth-order valence-electron chi connectivity index (χ4n) is 3.19. The molecule has 0 radical (unpaired) electrons. The number of allylic oxidation sites excluding steroid dienone is 1. The second kappa shape index (κ2) is 8.12. The molecule has 4 aromatic rings. The van der Waals surface area contributed by atoms with Gasteiger partial charge in [0.05, 0.1) is 25.6 Å². The first-order valence-electron chi connectivity index (χ1n) is 9.19. The summed E-state index contributed by atoms with van der Waals surface area (Å²) < 4.78 is 25.8. The third-order valence-corrected chi connectivity index (χ3v) is 5.56. The number of rotatable bonds is 6. The van der Waals surface area contributed by atoms with Crippen LogP contribution in [0.3, 0.4) is 0 Å². The molecule has 0 saturated carbocycles. The molecule has 152 valence electrons.